The Labute approximate surface area is 127 Å². The van der Waals surface area contributed by atoms with E-state index in [0.29, 0.717) is 6.54 Å². The highest BCUT2D eigenvalue weighted by atomic mass is 32.2. The van der Waals surface area contributed by atoms with E-state index in [2.05, 4.69) is 15.5 Å². The topological polar surface area (TPSA) is 84.1 Å². The zero-order valence-electron chi connectivity index (χ0n) is 11.8. The number of nitrogens with one attached hydrogen (secondary N) is 1. The predicted molar refractivity (Wildman–Crippen MR) is 82.0 cm³/mol. The van der Waals surface area contributed by atoms with E-state index in [4.69, 9.17) is 5.73 Å². The van der Waals surface area contributed by atoms with Crippen molar-refractivity contribution in [3.63, 3.8) is 0 Å². The van der Waals surface area contributed by atoms with E-state index in [9.17, 15) is 4.79 Å². The molecule has 1 amide bonds. The third-order valence-electron chi connectivity index (χ3n) is 3.24. The number of nitrogens with zero attached hydrogens (tertiary/aromatic N) is 3. The van der Waals surface area contributed by atoms with Crippen molar-refractivity contribution < 1.29 is 4.79 Å². The molecule has 1 aromatic rings. The number of likely N-dealkylation sites (N-methyl/N-ethyl adjacent to an activating group) is 1. The van der Waals surface area contributed by atoms with Crippen molar-refractivity contribution in [2.24, 2.45) is 5.73 Å². The summed E-state index contributed by atoms with van der Waals surface area (Å²) in [5.41, 5.74) is 5.86. The molecule has 8 heteroatoms. The summed E-state index contributed by atoms with van der Waals surface area (Å²) in [5, 5.41) is 12.0. The van der Waals surface area contributed by atoms with E-state index in [1.807, 2.05) is 18.9 Å². The number of likely N-dealkylation sites (tertiary alicyclic amines) is 1. The standard InChI is InChI=1S/C12H21N5OS2/c1-8-15-16-12(20-8)19-5-3-4-14-11(18)10-6-9(13)7-17(10)2/h9-10H,3-7,13H2,1-2H3,(H,14,18). The number of carbonyl (C=O) groups is 1. The molecule has 0 bridgehead atoms. The first-order chi connectivity index (χ1) is 9.56. The van der Waals surface area contributed by atoms with Crippen LogP contribution in [-0.4, -0.2) is 59.0 Å². The summed E-state index contributed by atoms with van der Waals surface area (Å²) < 4.78 is 0.996. The second-order valence-corrected chi connectivity index (χ2v) is 7.55. The van der Waals surface area contributed by atoms with Gasteiger partial charge >= 0.3 is 0 Å². The van der Waals surface area contributed by atoms with Crippen LogP contribution in [0, 0.1) is 6.92 Å². The second kappa shape index (κ2) is 7.35. The Morgan fingerprint density at radius 1 is 1.60 bits per heavy atom. The molecule has 6 nitrogen and oxygen atoms in total. The van der Waals surface area contributed by atoms with Crippen molar-refractivity contribution in [3.8, 4) is 0 Å². The lowest BCUT2D eigenvalue weighted by Gasteiger charge is -2.18. The van der Waals surface area contributed by atoms with Crippen LogP contribution in [-0.2, 0) is 4.79 Å². The van der Waals surface area contributed by atoms with E-state index < -0.39 is 0 Å². The number of amides is 1. The van der Waals surface area contributed by atoms with Gasteiger partial charge in [0.05, 0.1) is 6.04 Å². The summed E-state index contributed by atoms with van der Waals surface area (Å²) in [6.45, 7) is 3.44. The quantitative estimate of drug-likeness (QED) is 0.587. The van der Waals surface area contributed by atoms with Gasteiger partial charge in [-0.25, -0.2) is 0 Å². The van der Waals surface area contributed by atoms with E-state index >= 15 is 0 Å². The fourth-order valence-corrected chi connectivity index (χ4v) is 4.07. The molecule has 1 saturated heterocycles. The summed E-state index contributed by atoms with van der Waals surface area (Å²) in [7, 11) is 1.95. The van der Waals surface area contributed by atoms with Crippen molar-refractivity contribution in [1.29, 1.82) is 0 Å². The molecule has 2 atom stereocenters. The molecular weight excluding hydrogens is 294 g/mol. The van der Waals surface area contributed by atoms with Gasteiger partial charge in [0.25, 0.3) is 0 Å². The number of nitrogens with two attached hydrogens (primary N) is 1. The minimum atomic E-state index is -0.0662. The van der Waals surface area contributed by atoms with Crippen molar-refractivity contribution in [2.45, 2.75) is 36.2 Å². The lowest BCUT2D eigenvalue weighted by Crippen LogP contribution is -2.41. The van der Waals surface area contributed by atoms with Crippen molar-refractivity contribution in [2.75, 3.05) is 25.9 Å². The minimum Gasteiger partial charge on any atom is -0.355 e. The van der Waals surface area contributed by atoms with Crippen LogP contribution in [0.25, 0.3) is 0 Å². The van der Waals surface area contributed by atoms with Crippen LogP contribution in [0.15, 0.2) is 4.34 Å². The smallest absolute Gasteiger partial charge is 0.237 e. The van der Waals surface area contributed by atoms with Gasteiger partial charge in [0, 0.05) is 24.9 Å². The average molecular weight is 315 g/mol. The number of aromatic nitrogens is 2. The molecular formula is C12H21N5OS2. The number of carbonyl (C=O) groups excluding carboxylic acids is 1. The summed E-state index contributed by atoms with van der Waals surface area (Å²) >= 11 is 3.30. The summed E-state index contributed by atoms with van der Waals surface area (Å²) in [5.74, 6) is 1.03. The Morgan fingerprint density at radius 3 is 3.00 bits per heavy atom. The number of aryl methyl sites for hydroxylation is 1. The van der Waals surface area contributed by atoms with Crippen LogP contribution < -0.4 is 11.1 Å². The fourth-order valence-electron chi connectivity index (χ4n) is 2.24. The SMILES string of the molecule is Cc1nnc(SCCCNC(=O)C2CC(N)CN2C)s1. The third-order valence-corrected chi connectivity index (χ3v) is 5.29. The van der Waals surface area contributed by atoms with E-state index in [1.165, 1.54) is 0 Å². The Balaban J connectivity index is 1.60. The van der Waals surface area contributed by atoms with Crippen molar-refractivity contribution in [3.05, 3.63) is 5.01 Å². The number of thioether (sulfide) groups is 1. The zero-order valence-corrected chi connectivity index (χ0v) is 13.5. The summed E-state index contributed by atoms with van der Waals surface area (Å²) in [4.78, 5) is 14.0. The third kappa shape index (κ3) is 4.41. The highest BCUT2D eigenvalue weighted by Crippen LogP contribution is 2.22. The van der Waals surface area contributed by atoms with Gasteiger partial charge in [-0.2, -0.15) is 0 Å². The molecule has 1 aromatic heterocycles. The lowest BCUT2D eigenvalue weighted by atomic mass is 10.1. The lowest BCUT2D eigenvalue weighted by molar-refractivity contribution is -0.125. The highest BCUT2D eigenvalue weighted by molar-refractivity contribution is 8.01. The van der Waals surface area contributed by atoms with Crippen molar-refractivity contribution in [1.82, 2.24) is 20.4 Å². The normalized spacial score (nSPS) is 23.1. The molecule has 1 fully saturated rings. The summed E-state index contributed by atoms with van der Waals surface area (Å²) in [6, 6.07) is 0.0513. The highest BCUT2D eigenvalue weighted by Gasteiger charge is 2.32. The first-order valence-corrected chi connectivity index (χ1v) is 8.53. The molecule has 3 N–H and O–H groups in total. The van der Waals surface area contributed by atoms with Crippen LogP contribution in [0.1, 0.15) is 17.8 Å². The molecule has 20 heavy (non-hydrogen) atoms. The Morgan fingerprint density at radius 2 is 2.40 bits per heavy atom. The van der Waals surface area contributed by atoms with Gasteiger partial charge in [-0.15, -0.1) is 10.2 Å². The van der Waals surface area contributed by atoms with Crippen LogP contribution >= 0.6 is 23.1 Å². The molecule has 1 aliphatic rings. The maximum Gasteiger partial charge on any atom is 0.237 e. The molecule has 0 radical (unpaired) electrons. The van der Waals surface area contributed by atoms with Crippen LogP contribution in [0.3, 0.4) is 0 Å². The molecule has 2 rings (SSSR count). The molecule has 2 heterocycles. The van der Waals surface area contributed by atoms with Crippen molar-refractivity contribution >= 4 is 29.0 Å². The Bertz CT molecular complexity index is 453. The van der Waals surface area contributed by atoms with Gasteiger partial charge < -0.3 is 11.1 Å². The predicted octanol–water partition coefficient (Wildman–Crippen LogP) is 0.476. The van der Waals surface area contributed by atoms with Gasteiger partial charge in [0.2, 0.25) is 5.91 Å². The largest absolute Gasteiger partial charge is 0.355 e. The molecule has 2 unspecified atom stereocenters. The van der Waals surface area contributed by atoms with Gasteiger partial charge in [0.1, 0.15) is 5.01 Å². The summed E-state index contributed by atoms with van der Waals surface area (Å²) in [6.07, 6.45) is 1.68. The maximum atomic E-state index is 12.0. The molecule has 0 saturated carbocycles. The molecule has 0 aliphatic carbocycles. The zero-order chi connectivity index (χ0) is 14.5. The van der Waals surface area contributed by atoms with E-state index in [-0.39, 0.29) is 18.0 Å². The van der Waals surface area contributed by atoms with Gasteiger partial charge in [-0.1, -0.05) is 23.1 Å². The number of hydrogen-bond acceptors (Lipinski definition) is 7. The monoisotopic (exact) mass is 315 g/mol. The average Bonchev–Trinajstić information content (AvgIpc) is 2.94. The Hall–Kier alpha value is -0.700. The first kappa shape index (κ1) is 15.7. The fraction of sp³-hybridized carbons (Fsp3) is 0.750. The molecule has 0 spiro atoms. The molecule has 112 valence electrons. The molecule has 0 aromatic carbocycles. The van der Waals surface area contributed by atoms with Gasteiger partial charge in [-0.3, -0.25) is 9.69 Å². The molecule has 1 aliphatic heterocycles. The van der Waals surface area contributed by atoms with E-state index in [1.54, 1.807) is 23.1 Å². The van der Waals surface area contributed by atoms with Gasteiger partial charge in [-0.05, 0) is 26.8 Å². The van der Waals surface area contributed by atoms with Crippen LogP contribution in [0.2, 0.25) is 0 Å². The second-order valence-electron chi connectivity index (χ2n) is 5.03. The number of rotatable bonds is 6. The maximum absolute atomic E-state index is 12.0. The van der Waals surface area contributed by atoms with Gasteiger partial charge in [0.15, 0.2) is 4.34 Å². The van der Waals surface area contributed by atoms with Crippen LogP contribution in [0.4, 0.5) is 0 Å². The Kier molecular flexibility index (Phi) is 5.76. The number of hydrogen-bond donors (Lipinski definition) is 2. The van der Waals surface area contributed by atoms with Crippen LogP contribution in [0.5, 0.6) is 0 Å². The first-order valence-electron chi connectivity index (χ1n) is 6.72. The minimum absolute atomic E-state index is 0.0662. The van der Waals surface area contributed by atoms with E-state index in [0.717, 1.165) is 34.5 Å².